The molecule has 0 unspecified atom stereocenters. The second-order valence-corrected chi connectivity index (χ2v) is 6.34. The first-order valence-corrected chi connectivity index (χ1v) is 7.82. The molecule has 5 heteroatoms. The number of hydrogen-bond donors (Lipinski definition) is 2. The fourth-order valence-corrected chi connectivity index (χ4v) is 2.96. The van der Waals surface area contributed by atoms with Crippen LogP contribution < -0.4 is 5.32 Å². The zero-order chi connectivity index (χ0) is 14.5. The summed E-state index contributed by atoms with van der Waals surface area (Å²) in [5.41, 5.74) is 2.22. The molecule has 1 aromatic carbocycles. The number of phenols is 1. The Morgan fingerprint density at radius 1 is 1.14 bits per heavy atom. The van der Waals surface area contributed by atoms with Crippen molar-refractivity contribution in [2.24, 2.45) is 5.92 Å². The Kier molecular flexibility index (Phi) is 10.1. The summed E-state index contributed by atoms with van der Waals surface area (Å²) in [5.74, 6) is 1.16. The summed E-state index contributed by atoms with van der Waals surface area (Å²) in [6, 6.07) is 6.46. The number of halogens is 2. The Morgan fingerprint density at radius 3 is 2.32 bits per heavy atom. The Balaban J connectivity index is 0.00000220. The molecule has 1 atom stereocenters. The molecule has 1 fully saturated rings. The van der Waals surface area contributed by atoms with Crippen LogP contribution in [0, 0.1) is 12.8 Å². The van der Waals surface area contributed by atoms with Gasteiger partial charge < -0.3 is 10.4 Å². The van der Waals surface area contributed by atoms with Crippen molar-refractivity contribution in [1.29, 1.82) is 0 Å². The number of aromatic hydroxyl groups is 1. The summed E-state index contributed by atoms with van der Waals surface area (Å²) >= 11 is 0. The van der Waals surface area contributed by atoms with Crippen LogP contribution in [0.15, 0.2) is 18.2 Å². The molecule has 22 heavy (non-hydrogen) atoms. The van der Waals surface area contributed by atoms with Crippen LogP contribution in [0.2, 0.25) is 0 Å². The summed E-state index contributed by atoms with van der Waals surface area (Å²) in [5, 5.41) is 13.7. The van der Waals surface area contributed by atoms with Crippen molar-refractivity contribution < 1.29 is 5.11 Å². The first-order chi connectivity index (χ1) is 9.58. The number of benzene rings is 1. The molecular weight excluding hydrogens is 319 g/mol. The third kappa shape index (κ3) is 5.96. The van der Waals surface area contributed by atoms with Crippen molar-refractivity contribution >= 4 is 24.8 Å². The van der Waals surface area contributed by atoms with E-state index in [-0.39, 0.29) is 24.8 Å². The number of phenolic OH excluding ortho intramolecular Hbond substituents is 1. The minimum absolute atomic E-state index is 0. The molecule has 3 nitrogen and oxygen atoms in total. The van der Waals surface area contributed by atoms with Crippen molar-refractivity contribution in [1.82, 2.24) is 10.2 Å². The van der Waals surface area contributed by atoms with Gasteiger partial charge in [0.15, 0.2) is 0 Å². The molecule has 0 spiro atoms. The molecule has 0 bridgehead atoms. The lowest BCUT2D eigenvalue weighted by Gasteiger charge is -2.36. The maximum absolute atomic E-state index is 10.3. The predicted molar refractivity (Wildman–Crippen MR) is 98.6 cm³/mol. The molecule has 1 aliphatic heterocycles. The quantitative estimate of drug-likeness (QED) is 0.846. The Labute approximate surface area is 147 Å². The third-order valence-electron chi connectivity index (χ3n) is 4.15. The summed E-state index contributed by atoms with van der Waals surface area (Å²) in [6.07, 6.45) is 2.32. The molecule has 0 aromatic heterocycles. The fraction of sp³-hybridized carbons (Fsp3) is 0.647. The zero-order valence-corrected chi connectivity index (χ0v) is 15.5. The SMILES string of the molecule is Cc1ccc([C@H](CCC(C)C)N2CCNCC2)c(O)c1.Cl.Cl. The van der Waals surface area contributed by atoms with Crippen molar-refractivity contribution in [2.75, 3.05) is 26.2 Å². The molecule has 0 saturated carbocycles. The minimum Gasteiger partial charge on any atom is -0.508 e. The van der Waals surface area contributed by atoms with E-state index in [2.05, 4.69) is 36.2 Å². The predicted octanol–water partition coefficient (Wildman–Crippen LogP) is 3.93. The van der Waals surface area contributed by atoms with Gasteiger partial charge in [0.1, 0.15) is 5.75 Å². The van der Waals surface area contributed by atoms with Crippen LogP contribution in [0.1, 0.15) is 43.9 Å². The smallest absolute Gasteiger partial charge is 0.120 e. The van der Waals surface area contributed by atoms with Gasteiger partial charge in [-0.15, -0.1) is 24.8 Å². The van der Waals surface area contributed by atoms with Gasteiger partial charge in [-0.05, 0) is 37.3 Å². The van der Waals surface area contributed by atoms with Crippen molar-refractivity contribution in [3.8, 4) is 5.75 Å². The highest BCUT2D eigenvalue weighted by atomic mass is 35.5. The van der Waals surface area contributed by atoms with Crippen LogP contribution in [0.4, 0.5) is 0 Å². The van der Waals surface area contributed by atoms with Crippen LogP contribution in [0.25, 0.3) is 0 Å². The summed E-state index contributed by atoms with van der Waals surface area (Å²) in [7, 11) is 0. The van der Waals surface area contributed by atoms with Gasteiger partial charge in [-0.3, -0.25) is 4.90 Å². The van der Waals surface area contributed by atoms with Crippen molar-refractivity contribution in [3.63, 3.8) is 0 Å². The average molecular weight is 349 g/mol. The number of aryl methyl sites for hydroxylation is 1. The van der Waals surface area contributed by atoms with Crippen molar-refractivity contribution in [2.45, 2.75) is 39.7 Å². The Morgan fingerprint density at radius 2 is 1.77 bits per heavy atom. The topological polar surface area (TPSA) is 35.5 Å². The van der Waals surface area contributed by atoms with E-state index >= 15 is 0 Å². The van der Waals surface area contributed by atoms with Gasteiger partial charge in [-0.25, -0.2) is 0 Å². The number of rotatable bonds is 5. The van der Waals surface area contributed by atoms with E-state index in [0.717, 1.165) is 43.7 Å². The molecule has 1 aliphatic rings. The largest absolute Gasteiger partial charge is 0.508 e. The minimum atomic E-state index is 0. The number of nitrogens with zero attached hydrogens (tertiary/aromatic N) is 1. The van der Waals surface area contributed by atoms with E-state index in [1.807, 2.05) is 13.0 Å². The molecule has 2 rings (SSSR count). The van der Waals surface area contributed by atoms with E-state index in [4.69, 9.17) is 0 Å². The molecule has 1 heterocycles. The van der Waals surface area contributed by atoms with Gasteiger partial charge in [-0.1, -0.05) is 26.0 Å². The second-order valence-electron chi connectivity index (χ2n) is 6.34. The molecule has 0 amide bonds. The molecule has 0 aliphatic carbocycles. The molecule has 1 saturated heterocycles. The van der Waals surface area contributed by atoms with Crippen LogP contribution in [0.3, 0.4) is 0 Å². The van der Waals surface area contributed by atoms with Crippen LogP contribution in [-0.4, -0.2) is 36.2 Å². The van der Waals surface area contributed by atoms with Crippen molar-refractivity contribution in [3.05, 3.63) is 29.3 Å². The van der Waals surface area contributed by atoms with E-state index in [0.29, 0.717) is 17.7 Å². The third-order valence-corrected chi connectivity index (χ3v) is 4.15. The standard InChI is InChI=1S/C17H28N2O.2ClH/c1-13(2)4-7-16(19-10-8-18-9-11-19)15-6-5-14(3)12-17(15)20;;/h5-6,12-13,16,18,20H,4,7-11H2,1-3H3;2*1H/t16-;;/m0../s1. The lowest BCUT2D eigenvalue weighted by Crippen LogP contribution is -2.45. The first-order valence-electron chi connectivity index (χ1n) is 7.82. The molecule has 2 N–H and O–H groups in total. The van der Waals surface area contributed by atoms with Crippen LogP contribution >= 0.6 is 24.8 Å². The Hall–Kier alpha value is -0.480. The maximum atomic E-state index is 10.3. The molecule has 0 radical (unpaired) electrons. The van der Waals surface area contributed by atoms with Crippen LogP contribution in [0.5, 0.6) is 5.75 Å². The number of nitrogens with one attached hydrogen (secondary N) is 1. The van der Waals surface area contributed by atoms with E-state index < -0.39 is 0 Å². The first kappa shape index (κ1) is 21.5. The number of hydrogen-bond acceptors (Lipinski definition) is 3. The summed E-state index contributed by atoms with van der Waals surface area (Å²) < 4.78 is 0. The highest BCUT2D eigenvalue weighted by molar-refractivity contribution is 5.85. The van der Waals surface area contributed by atoms with Crippen LogP contribution in [-0.2, 0) is 0 Å². The van der Waals surface area contributed by atoms with Gasteiger partial charge in [0.2, 0.25) is 0 Å². The zero-order valence-electron chi connectivity index (χ0n) is 13.8. The van der Waals surface area contributed by atoms with E-state index in [1.54, 1.807) is 0 Å². The van der Waals surface area contributed by atoms with Gasteiger partial charge in [-0.2, -0.15) is 0 Å². The average Bonchev–Trinajstić information content (AvgIpc) is 2.42. The molecule has 128 valence electrons. The monoisotopic (exact) mass is 348 g/mol. The van der Waals surface area contributed by atoms with E-state index in [9.17, 15) is 5.11 Å². The van der Waals surface area contributed by atoms with Gasteiger partial charge in [0, 0.05) is 37.8 Å². The van der Waals surface area contributed by atoms with Gasteiger partial charge in [0.25, 0.3) is 0 Å². The van der Waals surface area contributed by atoms with Gasteiger partial charge in [0.05, 0.1) is 0 Å². The summed E-state index contributed by atoms with van der Waals surface area (Å²) in [4.78, 5) is 2.52. The molecular formula is C17H30Cl2N2O. The second kappa shape index (κ2) is 10.3. The normalized spacial score (nSPS) is 16.7. The lowest BCUT2D eigenvalue weighted by molar-refractivity contribution is 0.157. The number of piperazine rings is 1. The highest BCUT2D eigenvalue weighted by Gasteiger charge is 2.24. The highest BCUT2D eigenvalue weighted by Crippen LogP contribution is 2.33. The Bertz CT molecular complexity index is 435. The maximum Gasteiger partial charge on any atom is 0.120 e. The molecule has 1 aromatic rings. The lowest BCUT2D eigenvalue weighted by atomic mass is 9.94. The van der Waals surface area contributed by atoms with E-state index in [1.165, 1.54) is 6.42 Å². The summed E-state index contributed by atoms with van der Waals surface area (Å²) in [6.45, 7) is 10.8. The van der Waals surface area contributed by atoms with Gasteiger partial charge >= 0.3 is 0 Å². The fourth-order valence-electron chi connectivity index (χ4n) is 2.96.